The number of anilines is 1. The highest BCUT2D eigenvalue weighted by Gasteiger charge is 2.33. The van der Waals surface area contributed by atoms with Crippen molar-refractivity contribution in [2.45, 2.75) is 25.9 Å². The van der Waals surface area contributed by atoms with Gasteiger partial charge in [0.2, 0.25) is 0 Å². The first-order chi connectivity index (χ1) is 17.1. The fraction of sp³-hybridized carbons (Fsp3) is 0.207. The molecule has 0 saturated heterocycles. The van der Waals surface area contributed by atoms with Crippen LogP contribution in [0, 0.1) is 0 Å². The van der Waals surface area contributed by atoms with Crippen molar-refractivity contribution in [3.63, 3.8) is 0 Å². The number of nitrogens with one attached hydrogen (secondary N) is 1. The molecule has 1 aromatic heterocycles. The number of benzene rings is 3. The minimum Gasteiger partial charge on any atom is -0.497 e. The van der Waals surface area contributed by atoms with Gasteiger partial charge in [-0.05, 0) is 53.4 Å². The van der Waals surface area contributed by atoms with Crippen LogP contribution in [0.4, 0.5) is 10.5 Å². The summed E-state index contributed by atoms with van der Waals surface area (Å²) < 4.78 is 13.1. The molecule has 1 N–H and O–H groups in total. The molecule has 1 aliphatic rings. The third-order valence-electron chi connectivity index (χ3n) is 6.58. The Kier molecular flexibility index (Phi) is 6.19. The number of amides is 2. The lowest BCUT2D eigenvalue weighted by Crippen LogP contribution is -2.38. The minimum atomic E-state index is -0.278. The molecule has 2 heterocycles. The van der Waals surface area contributed by atoms with Crippen molar-refractivity contribution < 1.29 is 14.3 Å². The Hall–Kier alpha value is -4.19. The number of aromatic nitrogens is 1. The van der Waals surface area contributed by atoms with Crippen LogP contribution in [0.3, 0.4) is 0 Å². The monoisotopic (exact) mass is 467 g/mol. The van der Waals surface area contributed by atoms with E-state index < -0.39 is 0 Å². The van der Waals surface area contributed by atoms with Gasteiger partial charge in [-0.15, -0.1) is 0 Å². The van der Waals surface area contributed by atoms with Crippen LogP contribution in [-0.2, 0) is 13.0 Å². The minimum absolute atomic E-state index is 0.217. The van der Waals surface area contributed by atoms with E-state index in [0.29, 0.717) is 23.7 Å². The molecule has 0 unspecified atom stereocenters. The highest BCUT2D eigenvalue weighted by Crippen LogP contribution is 2.38. The van der Waals surface area contributed by atoms with Gasteiger partial charge >= 0.3 is 6.03 Å². The average molecular weight is 468 g/mol. The molecule has 4 aromatic rings. The van der Waals surface area contributed by atoms with Crippen LogP contribution < -0.4 is 14.8 Å². The van der Waals surface area contributed by atoms with Gasteiger partial charge in [0.1, 0.15) is 11.5 Å². The normalized spacial score (nSPS) is 14.5. The summed E-state index contributed by atoms with van der Waals surface area (Å²) in [5, 5.41) is 3.08. The molecule has 6 nitrogen and oxygen atoms in total. The molecule has 6 heteroatoms. The first-order valence-electron chi connectivity index (χ1n) is 11.8. The molecule has 0 fully saturated rings. The zero-order valence-corrected chi connectivity index (χ0v) is 20.2. The predicted molar refractivity (Wildman–Crippen MR) is 138 cm³/mol. The second kappa shape index (κ2) is 9.58. The molecule has 2 amide bonds. The Balaban J connectivity index is 1.61. The Morgan fingerprint density at radius 3 is 2.51 bits per heavy atom. The molecule has 0 aliphatic carbocycles. The summed E-state index contributed by atoms with van der Waals surface area (Å²) in [5.74, 6) is 1.21. The van der Waals surface area contributed by atoms with Crippen molar-refractivity contribution in [3.05, 3.63) is 107 Å². The number of fused-ring (bicyclic) bond motifs is 3. The Morgan fingerprint density at radius 2 is 1.77 bits per heavy atom. The number of ether oxygens (including phenoxy) is 2. The number of para-hydroxylation sites is 1. The van der Waals surface area contributed by atoms with Gasteiger partial charge in [-0.3, -0.25) is 0 Å². The maximum absolute atomic E-state index is 13.9. The van der Waals surface area contributed by atoms with Gasteiger partial charge in [0, 0.05) is 18.0 Å². The van der Waals surface area contributed by atoms with Crippen LogP contribution in [0.5, 0.6) is 11.5 Å². The Morgan fingerprint density at radius 1 is 0.971 bits per heavy atom. The van der Waals surface area contributed by atoms with E-state index in [2.05, 4.69) is 65.5 Å². The van der Waals surface area contributed by atoms with Crippen LogP contribution in [-0.4, -0.2) is 29.7 Å². The second-order valence-corrected chi connectivity index (χ2v) is 8.55. The summed E-state index contributed by atoms with van der Waals surface area (Å²) in [6.07, 6.45) is 3.03. The lowest BCUT2D eigenvalue weighted by molar-refractivity contribution is 0.194. The maximum atomic E-state index is 13.9. The van der Waals surface area contributed by atoms with Gasteiger partial charge in [-0.2, -0.15) is 0 Å². The van der Waals surface area contributed by atoms with Crippen molar-refractivity contribution in [2.24, 2.45) is 0 Å². The summed E-state index contributed by atoms with van der Waals surface area (Å²) in [4.78, 5) is 15.8. The molecule has 1 aliphatic heterocycles. The van der Waals surface area contributed by atoms with Gasteiger partial charge in [0.15, 0.2) is 0 Å². The van der Waals surface area contributed by atoms with Crippen LogP contribution in [0.1, 0.15) is 35.3 Å². The number of carbonyl (C=O) groups excluding carboxylic acids is 1. The lowest BCUT2D eigenvalue weighted by Gasteiger charge is -2.31. The summed E-state index contributed by atoms with van der Waals surface area (Å²) in [6, 6.07) is 25.8. The average Bonchev–Trinajstić information content (AvgIpc) is 3.33. The molecule has 0 saturated carbocycles. The van der Waals surface area contributed by atoms with Crippen LogP contribution in [0.2, 0.25) is 0 Å². The highest BCUT2D eigenvalue weighted by molar-refractivity contribution is 5.92. The molecule has 35 heavy (non-hydrogen) atoms. The zero-order valence-electron chi connectivity index (χ0n) is 20.2. The summed E-state index contributed by atoms with van der Waals surface area (Å²) in [7, 11) is 3.19. The van der Waals surface area contributed by atoms with Gasteiger partial charge in [-0.1, -0.05) is 49.4 Å². The highest BCUT2D eigenvalue weighted by atomic mass is 16.5. The molecule has 0 spiro atoms. The van der Waals surface area contributed by atoms with Crippen LogP contribution in [0.25, 0.3) is 5.69 Å². The van der Waals surface area contributed by atoms with Crippen LogP contribution >= 0.6 is 0 Å². The maximum Gasteiger partial charge on any atom is 0.323 e. The first-order valence-corrected chi connectivity index (χ1v) is 11.8. The molecular weight excluding hydrogens is 438 g/mol. The molecule has 178 valence electrons. The number of methoxy groups -OCH3 is 2. The van der Waals surface area contributed by atoms with Crippen molar-refractivity contribution in [1.29, 1.82) is 0 Å². The van der Waals surface area contributed by atoms with Crippen molar-refractivity contribution in [2.75, 3.05) is 19.5 Å². The van der Waals surface area contributed by atoms with E-state index in [1.54, 1.807) is 26.4 Å². The summed E-state index contributed by atoms with van der Waals surface area (Å²) in [5.41, 5.74) is 6.07. The number of carbonyl (C=O) groups is 1. The number of nitrogens with zero attached hydrogens (tertiary/aromatic N) is 2. The third kappa shape index (κ3) is 4.23. The molecule has 5 rings (SSSR count). The molecule has 0 bridgehead atoms. The smallest absolute Gasteiger partial charge is 0.323 e. The quantitative estimate of drug-likeness (QED) is 0.381. The van der Waals surface area contributed by atoms with E-state index in [0.717, 1.165) is 28.9 Å². The second-order valence-electron chi connectivity index (χ2n) is 8.55. The Labute approximate surface area is 205 Å². The van der Waals surface area contributed by atoms with Gasteiger partial charge in [-0.25, -0.2) is 4.79 Å². The van der Waals surface area contributed by atoms with E-state index in [-0.39, 0.29) is 12.1 Å². The fourth-order valence-corrected chi connectivity index (χ4v) is 4.72. The van der Waals surface area contributed by atoms with E-state index >= 15 is 0 Å². The van der Waals surface area contributed by atoms with Crippen molar-refractivity contribution in [3.8, 4) is 17.2 Å². The third-order valence-corrected chi connectivity index (χ3v) is 6.58. The van der Waals surface area contributed by atoms with E-state index in [1.807, 2.05) is 29.2 Å². The van der Waals surface area contributed by atoms with Crippen molar-refractivity contribution in [1.82, 2.24) is 9.47 Å². The van der Waals surface area contributed by atoms with Crippen LogP contribution in [0.15, 0.2) is 85.1 Å². The standard InChI is InChI=1S/C29H29N3O3/c1-4-20-11-13-21(14-12-20)28-26-10-7-17-31(26)25-9-6-5-8-22(25)19-32(28)29(33)30-24-18-23(34-2)15-16-27(24)35-3/h5-18,28H,4,19H2,1-3H3,(H,30,33)/t28-/m1/s1. The fourth-order valence-electron chi connectivity index (χ4n) is 4.72. The molecule has 1 atom stereocenters. The first kappa shape index (κ1) is 22.6. The predicted octanol–water partition coefficient (Wildman–Crippen LogP) is 6.19. The van der Waals surface area contributed by atoms with Crippen molar-refractivity contribution >= 4 is 11.7 Å². The topological polar surface area (TPSA) is 55.7 Å². The molecule has 0 radical (unpaired) electrons. The van der Waals surface area contributed by atoms with Gasteiger partial charge in [0.05, 0.1) is 38.2 Å². The largest absolute Gasteiger partial charge is 0.497 e. The Bertz CT molecular complexity index is 1340. The molecule has 3 aromatic carbocycles. The number of aryl methyl sites for hydroxylation is 1. The molecular formula is C29H29N3O3. The number of rotatable bonds is 5. The summed E-state index contributed by atoms with van der Waals surface area (Å²) in [6.45, 7) is 2.60. The number of urea groups is 1. The zero-order chi connectivity index (χ0) is 24.4. The van der Waals surface area contributed by atoms with E-state index in [1.165, 1.54) is 5.56 Å². The van der Waals surface area contributed by atoms with E-state index in [4.69, 9.17) is 9.47 Å². The number of hydrogen-bond acceptors (Lipinski definition) is 3. The van der Waals surface area contributed by atoms with E-state index in [9.17, 15) is 4.79 Å². The van der Waals surface area contributed by atoms with Gasteiger partial charge in [0.25, 0.3) is 0 Å². The SMILES string of the molecule is CCc1ccc([C@@H]2c3cccn3-c3ccccc3CN2C(=O)Nc2cc(OC)ccc2OC)cc1. The lowest BCUT2D eigenvalue weighted by atomic mass is 10.00. The summed E-state index contributed by atoms with van der Waals surface area (Å²) >= 11 is 0. The number of hydrogen-bond donors (Lipinski definition) is 1. The van der Waals surface area contributed by atoms with Gasteiger partial charge < -0.3 is 24.3 Å².